The quantitative estimate of drug-likeness (QED) is 0.0262. The van der Waals surface area contributed by atoms with Crippen molar-refractivity contribution in [2.24, 2.45) is 0 Å². The van der Waals surface area contributed by atoms with E-state index in [1.54, 1.807) is 0 Å². The highest BCUT2D eigenvalue weighted by Gasteiger charge is 2.19. The molecule has 0 aliphatic rings. The standard InChI is InChI=1S/C62H112O6/c1-4-7-10-13-16-19-22-25-28-30-31-32-35-37-40-43-46-49-52-55-61(64)67-58-59(57-66-60(63)54-51-48-45-42-39-36-33-27-24-21-18-15-12-9-6-3)68-62(65)56-53-50-47-44-41-38-34-29-26-23-20-17-14-11-8-5-2/h16,18-19,21,25,27-28,33,59H,4-15,17,20,22-24,26,29-32,34-58H2,1-3H3/b19-16-,21-18-,28-25-,33-27-/t59-/m1/s1. The molecule has 0 saturated carbocycles. The third-order valence-corrected chi connectivity index (χ3v) is 13.1. The number of carbonyl (C=O) groups is 3. The van der Waals surface area contributed by atoms with Gasteiger partial charge in [0.05, 0.1) is 0 Å². The van der Waals surface area contributed by atoms with Crippen LogP contribution in [-0.2, 0) is 28.6 Å². The lowest BCUT2D eigenvalue weighted by atomic mass is 10.0. The fraction of sp³-hybridized carbons (Fsp3) is 0.823. The van der Waals surface area contributed by atoms with Gasteiger partial charge in [0.15, 0.2) is 6.10 Å². The Morgan fingerprint density at radius 1 is 0.294 bits per heavy atom. The van der Waals surface area contributed by atoms with Gasteiger partial charge in [-0.15, -0.1) is 0 Å². The number of rotatable bonds is 54. The third kappa shape index (κ3) is 54.3. The molecule has 6 heteroatoms. The molecule has 68 heavy (non-hydrogen) atoms. The SMILES string of the molecule is CCCCC/C=C\C/C=C\CCCCCCCCCCCC(=O)OC[C@@H](COC(=O)CCCCCCC/C=C\C/C=C\CCCCC)OC(=O)CCCCCCCCCCCCCCCCCC. The van der Waals surface area contributed by atoms with E-state index in [-0.39, 0.29) is 31.1 Å². The van der Waals surface area contributed by atoms with Crippen molar-refractivity contribution in [3.05, 3.63) is 48.6 Å². The van der Waals surface area contributed by atoms with Gasteiger partial charge in [-0.2, -0.15) is 0 Å². The maximum absolute atomic E-state index is 12.9. The molecule has 0 amide bonds. The first-order valence-corrected chi connectivity index (χ1v) is 29.6. The Balaban J connectivity index is 4.36. The van der Waals surface area contributed by atoms with E-state index >= 15 is 0 Å². The van der Waals surface area contributed by atoms with Gasteiger partial charge in [0.25, 0.3) is 0 Å². The molecule has 6 nitrogen and oxygen atoms in total. The van der Waals surface area contributed by atoms with Crippen LogP contribution in [0.15, 0.2) is 48.6 Å². The van der Waals surface area contributed by atoms with Crippen LogP contribution in [0, 0.1) is 0 Å². The van der Waals surface area contributed by atoms with E-state index in [9.17, 15) is 14.4 Å². The van der Waals surface area contributed by atoms with Crippen LogP contribution in [0.5, 0.6) is 0 Å². The summed E-state index contributed by atoms with van der Waals surface area (Å²) in [6.07, 6.45) is 69.5. The molecule has 0 aromatic heterocycles. The average molecular weight is 954 g/mol. The molecule has 0 radical (unpaired) electrons. The summed E-state index contributed by atoms with van der Waals surface area (Å²) in [6.45, 7) is 6.61. The molecule has 0 aromatic carbocycles. The Morgan fingerprint density at radius 3 is 0.838 bits per heavy atom. The van der Waals surface area contributed by atoms with E-state index in [1.807, 2.05) is 0 Å². The zero-order valence-corrected chi connectivity index (χ0v) is 45.4. The molecule has 0 fully saturated rings. The molecule has 0 unspecified atom stereocenters. The lowest BCUT2D eigenvalue weighted by Crippen LogP contribution is -2.30. The van der Waals surface area contributed by atoms with Gasteiger partial charge in [-0.05, 0) is 83.5 Å². The summed E-state index contributed by atoms with van der Waals surface area (Å²) in [7, 11) is 0. The number of allylic oxidation sites excluding steroid dienone is 8. The van der Waals surface area contributed by atoms with Gasteiger partial charge in [0.1, 0.15) is 13.2 Å². The molecule has 0 N–H and O–H groups in total. The lowest BCUT2D eigenvalue weighted by molar-refractivity contribution is -0.167. The first-order chi connectivity index (χ1) is 33.5. The maximum atomic E-state index is 12.9. The number of ether oxygens (including phenoxy) is 3. The fourth-order valence-electron chi connectivity index (χ4n) is 8.56. The van der Waals surface area contributed by atoms with E-state index < -0.39 is 6.10 Å². The van der Waals surface area contributed by atoms with Gasteiger partial charge in [0, 0.05) is 19.3 Å². The van der Waals surface area contributed by atoms with Gasteiger partial charge in [-0.1, -0.05) is 256 Å². The molecule has 0 aliphatic carbocycles. The molecule has 0 bridgehead atoms. The average Bonchev–Trinajstić information content (AvgIpc) is 3.34. The molecule has 1 atom stereocenters. The van der Waals surface area contributed by atoms with Crippen LogP contribution in [0.3, 0.4) is 0 Å². The minimum absolute atomic E-state index is 0.0769. The highest BCUT2D eigenvalue weighted by Crippen LogP contribution is 2.16. The highest BCUT2D eigenvalue weighted by molar-refractivity contribution is 5.71. The molecule has 0 rings (SSSR count). The van der Waals surface area contributed by atoms with Crippen molar-refractivity contribution in [2.75, 3.05) is 13.2 Å². The predicted molar refractivity (Wildman–Crippen MR) is 293 cm³/mol. The summed E-state index contributed by atoms with van der Waals surface area (Å²) in [5, 5.41) is 0. The van der Waals surface area contributed by atoms with Crippen molar-refractivity contribution in [3.63, 3.8) is 0 Å². The molecule has 396 valence electrons. The molecule has 0 aromatic rings. The summed E-state index contributed by atoms with van der Waals surface area (Å²) in [6, 6.07) is 0. The first-order valence-electron chi connectivity index (χ1n) is 29.6. The van der Waals surface area contributed by atoms with Gasteiger partial charge >= 0.3 is 17.9 Å². The van der Waals surface area contributed by atoms with Crippen molar-refractivity contribution in [2.45, 2.75) is 316 Å². The van der Waals surface area contributed by atoms with Crippen LogP contribution < -0.4 is 0 Å². The van der Waals surface area contributed by atoms with Crippen LogP contribution in [0.25, 0.3) is 0 Å². The van der Waals surface area contributed by atoms with Gasteiger partial charge in [-0.3, -0.25) is 14.4 Å². The fourth-order valence-corrected chi connectivity index (χ4v) is 8.56. The minimum Gasteiger partial charge on any atom is -0.462 e. The lowest BCUT2D eigenvalue weighted by Gasteiger charge is -2.18. The third-order valence-electron chi connectivity index (χ3n) is 13.1. The number of hydrogen-bond acceptors (Lipinski definition) is 6. The number of hydrogen-bond donors (Lipinski definition) is 0. The first kappa shape index (κ1) is 65.4. The summed E-state index contributed by atoms with van der Waals surface area (Å²) in [5.41, 5.74) is 0. The summed E-state index contributed by atoms with van der Waals surface area (Å²) in [5.74, 6) is -0.878. The predicted octanol–water partition coefficient (Wildman–Crippen LogP) is 19.8. The van der Waals surface area contributed by atoms with Crippen LogP contribution >= 0.6 is 0 Å². The van der Waals surface area contributed by atoms with E-state index in [0.717, 1.165) is 83.5 Å². The topological polar surface area (TPSA) is 78.9 Å². The Bertz CT molecular complexity index is 1190. The van der Waals surface area contributed by atoms with E-state index in [0.29, 0.717) is 19.3 Å². The molecule has 0 saturated heterocycles. The van der Waals surface area contributed by atoms with Crippen LogP contribution in [0.2, 0.25) is 0 Å². The van der Waals surface area contributed by atoms with Crippen molar-refractivity contribution < 1.29 is 28.6 Å². The Kier molecular flexibility index (Phi) is 54.8. The normalized spacial score (nSPS) is 12.3. The van der Waals surface area contributed by atoms with Crippen molar-refractivity contribution in [1.29, 1.82) is 0 Å². The molecular formula is C62H112O6. The smallest absolute Gasteiger partial charge is 0.306 e. The Labute approximate surface area is 422 Å². The van der Waals surface area contributed by atoms with Crippen LogP contribution in [0.4, 0.5) is 0 Å². The summed E-state index contributed by atoms with van der Waals surface area (Å²) < 4.78 is 16.9. The zero-order valence-electron chi connectivity index (χ0n) is 45.4. The molecule has 0 heterocycles. The zero-order chi connectivity index (χ0) is 49.3. The number of unbranched alkanes of at least 4 members (excludes halogenated alkanes) is 35. The van der Waals surface area contributed by atoms with Crippen molar-refractivity contribution >= 4 is 17.9 Å². The van der Waals surface area contributed by atoms with Crippen molar-refractivity contribution in [3.8, 4) is 0 Å². The molecule has 0 spiro atoms. The van der Waals surface area contributed by atoms with Gasteiger partial charge in [-0.25, -0.2) is 0 Å². The monoisotopic (exact) mass is 953 g/mol. The van der Waals surface area contributed by atoms with Gasteiger partial charge < -0.3 is 14.2 Å². The van der Waals surface area contributed by atoms with Crippen LogP contribution in [0.1, 0.15) is 310 Å². The molecule has 0 aliphatic heterocycles. The maximum Gasteiger partial charge on any atom is 0.306 e. The van der Waals surface area contributed by atoms with E-state index in [1.165, 1.54) is 186 Å². The van der Waals surface area contributed by atoms with E-state index in [2.05, 4.69) is 69.4 Å². The summed E-state index contributed by atoms with van der Waals surface area (Å²) >= 11 is 0. The van der Waals surface area contributed by atoms with Crippen LogP contribution in [-0.4, -0.2) is 37.2 Å². The number of esters is 3. The highest BCUT2D eigenvalue weighted by atomic mass is 16.6. The minimum atomic E-state index is -0.778. The molecular weight excluding hydrogens is 841 g/mol. The Hall–Kier alpha value is -2.63. The number of carbonyl (C=O) groups excluding carboxylic acids is 3. The van der Waals surface area contributed by atoms with Crippen molar-refractivity contribution in [1.82, 2.24) is 0 Å². The second kappa shape index (κ2) is 57.0. The van der Waals surface area contributed by atoms with E-state index in [4.69, 9.17) is 14.2 Å². The Morgan fingerprint density at radius 2 is 0.529 bits per heavy atom. The van der Waals surface area contributed by atoms with Gasteiger partial charge in [0.2, 0.25) is 0 Å². The second-order valence-electron chi connectivity index (χ2n) is 19.9. The second-order valence-corrected chi connectivity index (χ2v) is 19.9. The summed E-state index contributed by atoms with van der Waals surface area (Å²) in [4.78, 5) is 38.2. The largest absolute Gasteiger partial charge is 0.462 e.